The molecule has 0 atom stereocenters. The molecule has 196 valence electrons. The first-order valence-electron chi connectivity index (χ1n) is 12.4. The van der Waals surface area contributed by atoms with Crippen LogP contribution in [0.2, 0.25) is 0 Å². The Morgan fingerprint density at radius 3 is 2.38 bits per heavy atom. The number of piperidine rings is 1. The minimum absolute atomic E-state index is 0.0263. The zero-order chi connectivity index (χ0) is 26.2. The van der Waals surface area contributed by atoms with Crippen LogP contribution in [-0.2, 0) is 17.4 Å². The summed E-state index contributed by atoms with van der Waals surface area (Å²) in [4.78, 5) is 17.2. The molecular weight excluding hydrogens is 490 g/mol. The van der Waals surface area contributed by atoms with Gasteiger partial charge in [0.1, 0.15) is 6.17 Å². The van der Waals surface area contributed by atoms with E-state index in [4.69, 9.17) is 4.52 Å². The molecule has 0 unspecified atom stereocenters. The molecule has 3 aromatic rings. The molecule has 10 heteroatoms. The number of anilines is 1. The number of alkyl halides is 4. The van der Waals surface area contributed by atoms with Crippen molar-refractivity contribution in [2.45, 2.75) is 57.3 Å². The van der Waals surface area contributed by atoms with Gasteiger partial charge in [0.2, 0.25) is 5.82 Å². The Bertz CT molecular complexity index is 1260. The predicted molar refractivity (Wildman–Crippen MR) is 129 cm³/mol. The molecule has 0 amide bonds. The number of aliphatic carboxylic acids is 1. The van der Waals surface area contributed by atoms with Gasteiger partial charge in [0.15, 0.2) is 0 Å². The number of carbonyl (C=O) groups is 1. The Hall–Kier alpha value is -3.43. The monoisotopic (exact) mass is 517 g/mol. The van der Waals surface area contributed by atoms with E-state index >= 15 is 0 Å². The number of halogens is 4. The van der Waals surface area contributed by atoms with E-state index in [0.717, 1.165) is 37.3 Å². The van der Waals surface area contributed by atoms with Gasteiger partial charge in [-0.3, -0.25) is 4.79 Å². The first kappa shape index (κ1) is 25.2. The number of rotatable bonds is 8. The minimum Gasteiger partial charge on any atom is -0.481 e. The lowest BCUT2D eigenvalue weighted by atomic mass is 9.97. The smallest absolute Gasteiger partial charge is 0.418 e. The van der Waals surface area contributed by atoms with Crippen molar-refractivity contribution in [3.05, 3.63) is 53.6 Å². The third kappa shape index (κ3) is 5.47. The van der Waals surface area contributed by atoms with Gasteiger partial charge >= 0.3 is 12.1 Å². The second-order valence-electron chi connectivity index (χ2n) is 9.95. The zero-order valence-corrected chi connectivity index (χ0v) is 20.1. The molecule has 1 aromatic heterocycles. The molecule has 2 heterocycles. The van der Waals surface area contributed by atoms with Crippen molar-refractivity contribution in [3.8, 4) is 22.8 Å². The Morgan fingerprint density at radius 2 is 1.76 bits per heavy atom. The van der Waals surface area contributed by atoms with Crippen molar-refractivity contribution < 1.29 is 32.0 Å². The summed E-state index contributed by atoms with van der Waals surface area (Å²) in [5.74, 6) is -0.484. The topological polar surface area (TPSA) is 79.5 Å². The highest BCUT2D eigenvalue weighted by Gasteiger charge is 2.49. The predicted octanol–water partition coefficient (Wildman–Crippen LogP) is 6.55. The van der Waals surface area contributed by atoms with E-state index in [1.807, 2.05) is 12.1 Å². The highest BCUT2D eigenvalue weighted by molar-refractivity contribution is 5.77. The number of hydrogen-bond acceptors (Lipinski definition) is 5. The molecule has 5 rings (SSSR count). The van der Waals surface area contributed by atoms with E-state index in [1.54, 1.807) is 17.0 Å². The van der Waals surface area contributed by atoms with Crippen LogP contribution in [0.25, 0.3) is 22.8 Å². The molecule has 0 bridgehead atoms. The van der Waals surface area contributed by atoms with Crippen LogP contribution in [-0.4, -0.2) is 40.5 Å². The van der Waals surface area contributed by atoms with Crippen molar-refractivity contribution in [1.29, 1.82) is 0 Å². The first-order chi connectivity index (χ1) is 17.6. The summed E-state index contributed by atoms with van der Waals surface area (Å²) in [7, 11) is 0. The molecule has 1 aliphatic carbocycles. The van der Waals surface area contributed by atoms with Crippen molar-refractivity contribution >= 4 is 11.7 Å². The maximum Gasteiger partial charge on any atom is 0.418 e. The van der Waals surface area contributed by atoms with Crippen molar-refractivity contribution in [2.24, 2.45) is 5.41 Å². The Balaban J connectivity index is 1.29. The normalized spacial score (nSPS) is 17.7. The van der Waals surface area contributed by atoms with E-state index in [-0.39, 0.29) is 48.9 Å². The van der Waals surface area contributed by atoms with Crippen molar-refractivity contribution in [2.75, 3.05) is 18.0 Å². The standard InChI is InChI=1S/C27H27F4N3O3/c28-20-9-14-34(15-10-20)22-8-7-19(16-21(22)27(29,30)31)23-32-24(37-33-23)18-5-3-17(4-6-18)2-1-11-26(12-13-26)25(35)36/h3-8,16,20H,1-2,9-15H2,(H,35,36). The van der Waals surface area contributed by atoms with Gasteiger partial charge in [0, 0.05) is 29.9 Å². The average Bonchev–Trinajstić information content (AvgIpc) is 3.51. The average molecular weight is 518 g/mol. The maximum atomic E-state index is 13.9. The molecule has 1 saturated carbocycles. The molecule has 2 aromatic carbocycles. The van der Waals surface area contributed by atoms with Crippen LogP contribution >= 0.6 is 0 Å². The number of nitrogens with zero attached hydrogens (tertiary/aromatic N) is 3. The second kappa shape index (κ2) is 9.79. The highest BCUT2D eigenvalue weighted by Crippen LogP contribution is 2.50. The number of carboxylic acid groups (broad SMARTS) is 1. The summed E-state index contributed by atoms with van der Waals surface area (Å²) >= 11 is 0. The molecule has 1 N–H and O–H groups in total. The fourth-order valence-electron chi connectivity index (χ4n) is 4.89. The summed E-state index contributed by atoms with van der Waals surface area (Å²) < 4.78 is 60.5. The Labute approximate surface area is 211 Å². The molecule has 0 radical (unpaired) electrons. The van der Waals surface area contributed by atoms with E-state index in [1.165, 1.54) is 12.1 Å². The molecular formula is C27H27F4N3O3. The number of benzene rings is 2. The lowest BCUT2D eigenvalue weighted by molar-refractivity contribution is -0.143. The SMILES string of the molecule is O=C(O)C1(CCCc2ccc(-c3nc(-c4ccc(N5CCC(F)CC5)c(C(F)(F)F)c4)no3)cc2)CC1. The fraction of sp³-hybridized carbons (Fsp3) is 0.444. The van der Waals surface area contributed by atoms with Crippen LogP contribution in [0.4, 0.5) is 23.2 Å². The summed E-state index contributed by atoms with van der Waals surface area (Å²) in [6.45, 7) is 0.457. The first-order valence-corrected chi connectivity index (χ1v) is 12.4. The molecule has 1 saturated heterocycles. The summed E-state index contributed by atoms with van der Waals surface area (Å²) in [6.07, 6.45) is -1.50. The third-order valence-electron chi connectivity index (χ3n) is 7.38. The minimum atomic E-state index is -4.59. The zero-order valence-electron chi connectivity index (χ0n) is 20.1. The second-order valence-corrected chi connectivity index (χ2v) is 9.95. The van der Waals surface area contributed by atoms with E-state index in [2.05, 4.69) is 10.1 Å². The molecule has 2 aliphatic rings. The van der Waals surface area contributed by atoms with Crippen molar-refractivity contribution in [1.82, 2.24) is 10.1 Å². The van der Waals surface area contributed by atoms with Gasteiger partial charge in [-0.2, -0.15) is 18.2 Å². The van der Waals surface area contributed by atoms with Crippen LogP contribution in [0.5, 0.6) is 0 Å². The lowest BCUT2D eigenvalue weighted by Crippen LogP contribution is -2.35. The van der Waals surface area contributed by atoms with E-state index in [0.29, 0.717) is 12.0 Å². The fourth-order valence-corrected chi connectivity index (χ4v) is 4.89. The van der Waals surface area contributed by atoms with Gasteiger partial charge in [-0.15, -0.1) is 0 Å². The Kier molecular flexibility index (Phi) is 6.68. The molecule has 2 fully saturated rings. The van der Waals surface area contributed by atoms with Gasteiger partial charge in [0.05, 0.1) is 11.0 Å². The van der Waals surface area contributed by atoms with Gasteiger partial charge in [-0.1, -0.05) is 17.3 Å². The quantitative estimate of drug-likeness (QED) is 0.342. The highest BCUT2D eigenvalue weighted by atomic mass is 19.4. The summed E-state index contributed by atoms with van der Waals surface area (Å²) in [6, 6.07) is 11.3. The number of aryl methyl sites for hydroxylation is 1. The third-order valence-corrected chi connectivity index (χ3v) is 7.38. The van der Waals surface area contributed by atoms with Crippen LogP contribution in [0.1, 0.15) is 49.7 Å². The van der Waals surface area contributed by atoms with Gasteiger partial charge in [-0.25, -0.2) is 4.39 Å². The number of aromatic nitrogens is 2. The van der Waals surface area contributed by atoms with E-state index in [9.17, 15) is 27.5 Å². The maximum absolute atomic E-state index is 13.9. The molecule has 6 nitrogen and oxygen atoms in total. The summed E-state index contributed by atoms with van der Waals surface area (Å²) in [5, 5.41) is 13.2. The largest absolute Gasteiger partial charge is 0.481 e. The van der Waals surface area contributed by atoms with Gasteiger partial charge in [0.25, 0.3) is 5.89 Å². The molecule has 1 aliphatic heterocycles. The van der Waals surface area contributed by atoms with Crippen LogP contribution in [0, 0.1) is 5.41 Å². The summed E-state index contributed by atoms with van der Waals surface area (Å²) in [5.41, 5.74) is 0.540. The van der Waals surface area contributed by atoms with Crippen LogP contribution < -0.4 is 4.90 Å². The van der Waals surface area contributed by atoms with Gasteiger partial charge in [-0.05, 0) is 80.8 Å². The van der Waals surface area contributed by atoms with Gasteiger partial charge < -0.3 is 14.5 Å². The van der Waals surface area contributed by atoms with Crippen LogP contribution in [0.3, 0.4) is 0 Å². The molecule has 37 heavy (non-hydrogen) atoms. The Morgan fingerprint density at radius 1 is 1.08 bits per heavy atom. The van der Waals surface area contributed by atoms with Crippen LogP contribution in [0.15, 0.2) is 47.0 Å². The lowest BCUT2D eigenvalue weighted by Gasteiger charge is -2.32. The van der Waals surface area contributed by atoms with E-state index < -0.39 is 29.3 Å². The van der Waals surface area contributed by atoms with Crippen molar-refractivity contribution in [3.63, 3.8) is 0 Å². The number of carboxylic acids is 1. The number of hydrogen-bond donors (Lipinski definition) is 1. The molecule has 0 spiro atoms.